The molecule has 0 radical (unpaired) electrons. The molecule has 0 saturated carbocycles. The van der Waals surface area contributed by atoms with E-state index in [0.717, 1.165) is 96.7 Å². The Kier molecular flexibility index (Phi) is 33.2. The number of nitrogens with zero attached hydrogens (tertiary/aromatic N) is 1. The molecule has 0 bridgehead atoms. The molecule has 0 aromatic heterocycles. The fourth-order valence-corrected chi connectivity index (χ4v) is 8.32. The van der Waals surface area contributed by atoms with Crippen LogP contribution in [-0.4, -0.2) is 60.4 Å². The van der Waals surface area contributed by atoms with E-state index >= 15 is 0 Å². The number of ether oxygens (including phenoxy) is 2. The monoisotopic (exact) mass is 750 g/mol. The third-order valence-corrected chi connectivity index (χ3v) is 12.0. The maximum atomic E-state index is 13.9. The predicted octanol–water partition coefficient (Wildman–Crippen LogP) is 13.4. The number of aliphatic hydroxyl groups excluding tert-OH is 1. The smallest absolute Gasteiger partial charge is 0.306 e. The van der Waals surface area contributed by atoms with Crippen molar-refractivity contribution < 1.29 is 24.2 Å². The number of hydrogen-bond acceptors (Lipinski definition) is 6. The lowest BCUT2D eigenvalue weighted by Crippen LogP contribution is -2.43. The first-order valence-electron chi connectivity index (χ1n) is 23.6. The van der Waals surface area contributed by atoms with Crippen LogP contribution in [0.2, 0.25) is 0 Å². The van der Waals surface area contributed by atoms with Gasteiger partial charge in [0.25, 0.3) is 0 Å². The van der Waals surface area contributed by atoms with E-state index in [0.29, 0.717) is 12.8 Å². The van der Waals surface area contributed by atoms with Gasteiger partial charge in [0.05, 0.1) is 12.8 Å². The van der Waals surface area contributed by atoms with Gasteiger partial charge in [-0.2, -0.15) is 0 Å². The predicted molar refractivity (Wildman–Crippen MR) is 225 cm³/mol. The Balaban J connectivity index is 2.94. The molecular formula is C47H91NO5. The zero-order valence-electron chi connectivity index (χ0n) is 36.1. The van der Waals surface area contributed by atoms with E-state index in [-0.39, 0.29) is 30.8 Å². The van der Waals surface area contributed by atoms with Crippen molar-refractivity contribution in [2.45, 2.75) is 258 Å². The van der Waals surface area contributed by atoms with Crippen LogP contribution in [0, 0.1) is 5.41 Å². The third-order valence-electron chi connectivity index (χ3n) is 12.0. The van der Waals surface area contributed by atoms with Crippen molar-refractivity contribution in [1.29, 1.82) is 0 Å². The highest BCUT2D eigenvalue weighted by Gasteiger charge is 2.40. The van der Waals surface area contributed by atoms with E-state index in [1.165, 1.54) is 128 Å². The Morgan fingerprint density at radius 2 is 0.811 bits per heavy atom. The lowest BCUT2D eigenvalue weighted by Gasteiger charge is -2.41. The van der Waals surface area contributed by atoms with Crippen LogP contribution in [0.3, 0.4) is 0 Å². The van der Waals surface area contributed by atoms with Crippen molar-refractivity contribution in [3.05, 3.63) is 0 Å². The molecule has 1 fully saturated rings. The summed E-state index contributed by atoms with van der Waals surface area (Å²) >= 11 is 0. The quantitative estimate of drug-likeness (QED) is 0.0500. The van der Waals surface area contributed by atoms with Crippen molar-refractivity contribution in [2.24, 2.45) is 5.41 Å². The van der Waals surface area contributed by atoms with Crippen LogP contribution >= 0.6 is 0 Å². The first kappa shape index (κ1) is 49.9. The first-order valence-corrected chi connectivity index (χ1v) is 23.6. The van der Waals surface area contributed by atoms with Crippen LogP contribution in [0.4, 0.5) is 0 Å². The Morgan fingerprint density at radius 3 is 1.13 bits per heavy atom. The molecule has 0 amide bonds. The molecule has 6 nitrogen and oxygen atoms in total. The summed E-state index contributed by atoms with van der Waals surface area (Å²) in [5.74, 6) is -0.214. The van der Waals surface area contributed by atoms with E-state index < -0.39 is 5.41 Å². The number of piperidine rings is 1. The normalized spacial score (nSPS) is 14.7. The van der Waals surface area contributed by atoms with Crippen molar-refractivity contribution in [3.63, 3.8) is 0 Å². The molecule has 6 heteroatoms. The molecule has 0 aliphatic carbocycles. The highest BCUT2D eigenvalue weighted by Crippen LogP contribution is 2.40. The molecule has 0 aromatic rings. The molecule has 0 spiro atoms. The summed E-state index contributed by atoms with van der Waals surface area (Å²) in [4.78, 5) is 30.2. The molecule has 0 aromatic carbocycles. The zero-order chi connectivity index (χ0) is 38.7. The summed E-state index contributed by atoms with van der Waals surface area (Å²) in [5, 5.41) is 9.31. The Morgan fingerprint density at radius 1 is 0.491 bits per heavy atom. The molecule has 0 unspecified atom stereocenters. The molecule has 314 valence electrons. The first-order chi connectivity index (χ1) is 25.9. The standard InChI is InChI=1S/C47H91NO5/c1-5-9-13-17-21-25-31-43(32-26-22-18-14-10-6-2)52-45(50)41-47(35-38-48(39-36-47)37-29-30-40-49)42-46(51)53-44(33-27-23-19-15-11-7-3)34-28-24-20-16-12-8-4/h43-44,49H,5-42H2,1-4H3. The van der Waals surface area contributed by atoms with Gasteiger partial charge in [-0.15, -0.1) is 0 Å². The number of unbranched alkanes of at least 4 members (excludes halogenated alkanes) is 21. The van der Waals surface area contributed by atoms with Gasteiger partial charge >= 0.3 is 11.9 Å². The fraction of sp³-hybridized carbons (Fsp3) is 0.957. The number of rotatable bonds is 38. The van der Waals surface area contributed by atoms with Gasteiger partial charge in [0.1, 0.15) is 12.2 Å². The number of carbonyl (C=O) groups is 2. The maximum absolute atomic E-state index is 13.9. The Bertz CT molecular complexity index is 740. The van der Waals surface area contributed by atoms with Gasteiger partial charge in [0.15, 0.2) is 0 Å². The highest BCUT2D eigenvalue weighted by atomic mass is 16.5. The summed E-state index contributed by atoms with van der Waals surface area (Å²) < 4.78 is 12.7. The van der Waals surface area contributed by atoms with Crippen molar-refractivity contribution >= 4 is 11.9 Å². The fourth-order valence-electron chi connectivity index (χ4n) is 8.32. The summed E-state index contributed by atoms with van der Waals surface area (Å²) in [6.45, 7) is 12.0. The second kappa shape index (κ2) is 35.3. The van der Waals surface area contributed by atoms with Crippen LogP contribution in [0.5, 0.6) is 0 Å². The van der Waals surface area contributed by atoms with Gasteiger partial charge in [0, 0.05) is 6.61 Å². The summed E-state index contributed by atoms with van der Waals surface area (Å²) in [7, 11) is 0. The van der Waals surface area contributed by atoms with Gasteiger partial charge in [-0.1, -0.05) is 156 Å². The van der Waals surface area contributed by atoms with Crippen LogP contribution in [0.25, 0.3) is 0 Å². The molecule has 53 heavy (non-hydrogen) atoms. The lowest BCUT2D eigenvalue weighted by atomic mass is 9.73. The number of hydrogen-bond donors (Lipinski definition) is 1. The average Bonchev–Trinajstić information content (AvgIpc) is 3.14. The highest BCUT2D eigenvalue weighted by molar-refractivity contribution is 5.74. The van der Waals surface area contributed by atoms with Crippen molar-refractivity contribution in [1.82, 2.24) is 4.90 Å². The van der Waals surface area contributed by atoms with Crippen molar-refractivity contribution in [2.75, 3.05) is 26.2 Å². The minimum atomic E-state index is -0.405. The minimum Gasteiger partial charge on any atom is -0.462 e. The summed E-state index contributed by atoms with van der Waals surface area (Å²) in [6.07, 6.45) is 37.7. The van der Waals surface area contributed by atoms with Gasteiger partial charge in [-0.05, 0) is 102 Å². The molecule has 1 aliphatic heterocycles. The van der Waals surface area contributed by atoms with Crippen LogP contribution < -0.4 is 0 Å². The molecule has 1 saturated heterocycles. The van der Waals surface area contributed by atoms with Crippen LogP contribution in [0.15, 0.2) is 0 Å². The minimum absolute atomic E-state index is 0.0125. The lowest BCUT2D eigenvalue weighted by molar-refractivity contribution is -0.158. The number of esters is 2. The topological polar surface area (TPSA) is 76.1 Å². The second-order valence-corrected chi connectivity index (χ2v) is 17.1. The summed E-state index contributed by atoms with van der Waals surface area (Å²) in [5.41, 5.74) is -0.405. The zero-order valence-corrected chi connectivity index (χ0v) is 36.1. The third kappa shape index (κ3) is 28.0. The van der Waals surface area contributed by atoms with E-state index in [4.69, 9.17) is 9.47 Å². The second-order valence-electron chi connectivity index (χ2n) is 17.1. The van der Waals surface area contributed by atoms with E-state index in [2.05, 4.69) is 32.6 Å². The molecule has 1 rings (SSSR count). The maximum Gasteiger partial charge on any atom is 0.306 e. The van der Waals surface area contributed by atoms with Crippen molar-refractivity contribution in [3.8, 4) is 0 Å². The number of likely N-dealkylation sites (tertiary alicyclic amines) is 1. The van der Waals surface area contributed by atoms with E-state index in [1.54, 1.807) is 0 Å². The van der Waals surface area contributed by atoms with Gasteiger partial charge in [0.2, 0.25) is 0 Å². The summed E-state index contributed by atoms with van der Waals surface area (Å²) in [6, 6.07) is 0. The SMILES string of the molecule is CCCCCCCCC(CCCCCCCC)OC(=O)CC1(CC(=O)OC(CCCCCCCC)CCCCCCCC)CCN(CCCCO)CC1. The molecule has 0 atom stereocenters. The van der Waals surface area contributed by atoms with Crippen LogP contribution in [-0.2, 0) is 19.1 Å². The molecular weight excluding hydrogens is 659 g/mol. The van der Waals surface area contributed by atoms with E-state index in [1.807, 2.05) is 0 Å². The van der Waals surface area contributed by atoms with E-state index in [9.17, 15) is 14.7 Å². The molecule has 1 heterocycles. The van der Waals surface area contributed by atoms with Gasteiger partial charge < -0.3 is 19.5 Å². The Hall–Kier alpha value is -1.14. The largest absolute Gasteiger partial charge is 0.462 e. The van der Waals surface area contributed by atoms with Gasteiger partial charge in [-0.25, -0.2) is 0 Å². The van der Waals surface area contributed by atoms with Crippen LogP contribution in [0.1, 0.15) is 246 Å². The van der Waals surface area contributed by atoms with Gasteiger partial charge in [-0.3, -0.25) is 9.59 Å². The molecule has 1 N–H and O–H groups in total. The average molecular weight is 750 g/mol. The Labute approximate surface area is 330 Å². The number of carbonyl (C=O) groups excluding carboxylic acids is 2. The number of aliphatic hydroxyl groups is 1. The molecule has 1 aliphatic rings.